The van der Waals surface area contributed by atoms with Crippen LogP contribution < -0.4 is 14.8 Å². The second kappa shape index (κ2) is 9.09. The minimum Gasteiger partial charge on any atom is -0.494 e. The highest BCUT2D eigenvalue weighted by molar-refractivity contribution is 5.48. The molecule has 1 N–H and O–H groups in total. The van der Waals surface area contributed by atoms with Crippen LogP contribution in [-0.2, 0) is 0 Å². The van der Waals surface area contributed by atoms with Crippen molar-refractivity contribution < 1.29 is 9.47 Å². The van der Waals surface area contributed by atoms with Crippen LogP contribution in [0.25, 0.3) is 0 Å². The van der Waals surface area contributed by atoms with Crippen molar-refractivity contribution in [1.82, 2.24) is 0 Å². The van der Waals surface area contributed by atoms with Crippen LogP contribution in [0.4, 0.5) is 5.69 Å². The lowest BCUT2D eigenvalue weighted by molar-refractivity contribution is 0.208. The maximum absolute atomic E-state index is 6.12. The van der Waals surface area contributed by atoms with E-state index in [1.54, 1.807) is 0 Å². The third-order valence-electron chi connectivity index (χ3n) is 3.68. The second-order valence-corrected chi connectivity index (χ2v) is 5.67. The van der Waals surface area contributed by atoms with Crippen molar-refractivity contribution in [3.05, 3.63) is 54.1 Å². The van der Waals surface area contributed by atoms with E-state index in [2.05, 4.69) is 38.2 Å². The minimum atomic E-state index is 0.135. The van der Waals surface area contributed by atoms with Crippen molar-refractivity contribution >= 4 is 5.69 Å². The Morgan fingerprint density at radius 2 is 1.87 bits per heavy atom. The Morgan fingerprint density at radius 3 is 2.61 bits per heavy atom. The van der Waals surface area contributed by atoms with Gasteiger partial charge in [-0.2, -0.15) is 0 Å². The van der Waals surface area contributed by atoms with E-state index in [0.717, 1.165) is 43.2 Å². The minimum absolute atomic E-state index is 0.135. The fourth-order valence-corrected chi connectivity index (χ4v) is 2.28. The molecule has 3 heteroatoms. The van der Waals surface area contributed by atoms with E-state index in [9.17, 15) is 0 Å². The molecule has 0 fully saturated rings. The summed E-state index contributed by atoms with van der Waals surface area (Å²) in [6, 6.07) is 16.2. The molecule has 0 aliphatic rings. The van der Waals surface area contributed by atoms with Gasteiger partial charge in [0.1, 0.15) is 17.6 Å². The summed E-state index contributed by atoms with van der Waals surface area (Å²) < 4.78 is 11.8. The van der Waals surface area contributed by atoms with E-state index in [0.29, 0.717) is 0 Å². The van der Waals surface area contributed by atoms with Crippen molar-refractivity contribution in [2.24, 2.45) is 0 Å². The van der Waals surface area contributed by atoms with Crippen LogP contribution in [0.5, 0.6) is 11.5 Å². The number of hydrogen-bond donors (Lipinski definition) is 1. The molecule has 0 bridgehead atoms. The molecule has 3 nitrogen and oxygen atoms in total. The Morgan fingerprint density at radius 1 is 1.04 bits per heavy atom. The van der Waals surface area contributed by atoms with Gasteiger partial charge in [0.05, 0.1) is 13.2 Å². The molecule has 0 spiro atoms. The molecule has 0 aliphatic carbocycles. The quantitative estimate of drug-likeness (QED) is 0.702. The van der Waals surface area contributed by atoms with E-state index in [1.807, 2.05) is 36.4 Å². The van der Waals surface area contributed by atoms with Crippen molar-refractivity contribution in [2.45, 2.75) is 39.7 Å². The summed E-state index contributed by atoms with van der Waals surface area (Å²) in [5.74, 6) is 1.87. The first kappa shape index (κ1) is 17.2. The molecule has 0 saturated carbocycles. The van der Waals surface area contributed by atoms with Crippen LogP contribution >= 0.6 is 0 Å². The smallest absolute Gasteiger partial charge is 0.122 e. The molecule has 124 valence electrons. The van der Waals surface area contributed by atoms with Crippen LogP contribution in [0.2, 0.25) is 0 Å². The van der Waals surface area contributed by atoms with Gasteiger partial charge < -0.3 is 14.8 Å². The Kier molecular flexibility index (Phi) is 6.79. The third kappa shape index (κ3) is 5.51. The van der Waals surface area contributed by atoms with Gasteiger partial charge >= 0.3 is 0 Å². The molecule has 0 aromatic heterocycles. The van der Waals surface area contributed by atoms with Gasteiger partial charge in [0.2, 0.25) is 0 Å². The van der Waals surface area contributed by atoms with Gasteiger partial charge in [-0.3, -0.25) is 0 Å². The Hall–Kier alpha value is -2.16. The Balaban J connectivity index is 1.91. The number of benzene rings is 2. The summed E-state index contributed by atoms with van der Waals surface area (Å²) in [5.41, 5.74) is 2.23. The molecule has 0 amide bonds. The van der Waals surface area contributed by atoms with Gasteiger partial charge in [-0.25, -0.2) is 0 Å². The second-order valence-electron chi connectivity index (χ2n) is 5.67. The number of rotatable bonds is 9. The van der Waals surface area contributed by atoms with E-state index in [-0.39, 0.29) is 6.10 Å². The highest BCUT2D eigenvalue weighted by Crippen LogP contribution is 2.20. The van der Waals surface area contributed by atoms with Crippen molar-refractivity contribution in [2.75, 3.05) is 18.5 Å². The maximum Gasteiger partial charge on any atom is 0.122 e. The molecule has 0 unspecified atom stereocenters. The molecule has 23 heavy (non-hydrogen) atoms. The monoisotopic (exact) mass is 313 g/mol. The van der Waals surface area contributed by atoms with Gasteiger partial charge in [0.25, 0.3) is 0 Å². The number of anilines is 1. The topological polar surface area (TPSA) is 30.5 Å². The summed E-state index contributed by atoms with van der Waals surface area (Å²) in [6.45, 7) is 7.84. The van der Waals surface area contributed by atoms with Crippen LogP contribution in [-0.4, -0.2) is 19.3 Å². The number of nitrogens with one attached hydrogen (secondary N) is 1. The van der Waals surface area contributed by atoms with Crippen molar-refractivity contribution in [1.29, 1.82) is 0 Å². The molecule has 0 radical (unpaired) electrons. The first-order valence-electron chi connectivity index (χ1n) is 8.42. The molecular weight excluding hydrogens is 286 g/mol. The average molecular weight is 313 g/mol. The molecule has 0 aliphatic heterocycles. The molecule has 0 heterocycles. The van der Waals surface area contributed by atoms with E-state index in [4.69, 9.17) is 9.47 Å². The number of hydrogen-bond acceptors (Lipinski definition) is 3. The summed E-state index contributed by atoms with van der Waals surface area (Å²) in [7, 11) is 0. The van der Waals surface area contributed by atoms with Gasteiger partial charge in [0.15, 0.2) is 0 Å². The van der Waals surface area contributed by atoms with Gasteiger partial charge in [0, 0.05) is 11.8 Å². The van der Waals surface area contributed by atoms with Gasteiger partial charge in [-0.05, 0) is 43.5 Å². The Labute approximate surface area is 139 Å². The fourth-order valence-electron chi connectivity index (χ4n) is 2.28. The zero-order chi connectivity index (χ0) is 16.5. The van der Waals surface area contributed by atoms with E-state index >= 15 is 0 Å². The molecular formula is C20H27NO2. The average Bonchev–Trinajstić information content (AvgIpc) is 2.58. The lowest BCUT2D eigenvalue weighted by atomic mass is 10.2. The zero-order valence-corrected chi connectivity index (χ0v) is 14.3. The number of aryl methyl sites for hydroxylation is 1. The SMILES string of the molecule is CCCOc1cccc(NC[C@H](CC)Oc2ccccc2C)c1. The van der Waals surface area contributed by atoms with Crippen LogP contribution in [0, 0.1) is 6.92 Å². The van der Waals surface area contributed by atoms with Crippen molar-refractivity contribution in [3.8, 4) is 11.5 Å². The highest BCUT2D eigenvalue weighted by Gasteiger charge is 2.09. The fraction of sp³-hybridized carbons (Fsp3) is 0.400. The van der Waals surface area contributed by atoms with Crippen LogP contribution in [0.1, 0.15) is 32.3 Å². The maximum atomic E-state index is 6.12. The number of para-hydroxylation sites is 1. The normalized spacial score (nSPS) is 11.8. The summed E-state index contributed by atoms with van der Waals surface area (Å²) in [6.07, 6.45) is 2.10. The lowest BCUT2D eigenvalue weighted by Gasteiger charge is -2.20. The Bertz CT molecular complexity index is 598. The molecule has 0 saturated heterocycles. The molecule has 2 aromatic carbocycles. The van der Waals surface area contributed by atoms with Crippen LogP contribution in [0.15, 0.2) is 48.5 Å². The highest BCUT2D eigenvalue weighted by atomic mass is 16.5. The van der Waals surface area contributed by atoms with Gasteiger partial charge in [-0.1, -0.05) is 38.1 Å². The van der Waals surface area contributed by atoms with Crippen LogP contribution in [0.3, 0.4) is 0 Å². The molecule has 1 atom stereocenters. The summed E-state index contributed by atoms with van der Waals surface area (Å²) in [4.78, 5) is 0. The number of ether oxygens (including phenoxy) is 2. The molecule has 2 rings (SSSR count). The predicted octanol–water partition coefficient (Wildman–Crippen LogP) is 5.05. The lowest BCUT2D eigenvalue weighted by Crippen LogP contribution is -2.25. The predicted molar refractivity (Wildman–Crippen MR) is 96.6 cm³/mol. The first-order valence-corrected chi connectivity index (χ1v) is 8.42. The molecule has 2 aromatic rings. The summed E-state index contributed by atoms with van der Waals surface area (Å²) >= 11 is 0. The first-order chi connectivity index (χ1) is 11.2. The van der Waals surface area contributed by atoms with E-state index < -0.39 is 0 Å². The largest absolute Gasteiger partial charge is 0.494 e. The van der Waals surface area contributed by atoms with Gasteiger partial charge in [-0.15, -0.1) is 0 Å². The van der Waals surface area contributed by atoms with E-state index in [1.165, 1.54) is 5.56 Å². The zero-order valence-electron chi connectivity index (χ0n) is 14.3. The van der Waals surface area contributed by atoms with Crippen molar-refractivity contribution in [3.63, 3.8) is 0 Å². The standard InChI is InChI=1S/C20H27NO2/c1-4-13-22-19-11-8-10-17(14-19)21-15-18(5-2)23-20-12-7-6-9-16(20)3/h6-12,14,18,21H,4-5,13,15H2,1-3H3/t18-/m0/s1. The third-order valence-corrected chi connectivity index (χ3v) is 3.68. The summed E-state index contributed by atoms with van der Waals surface area (Å²) in [5, 5.41) is 3.45.